The second-order valence-electron chi connectivity index (χ2n) is 3.12. The van der Waals surface area contributed by atoms with Gasteiger partial charge in [0.25, 0.3) is 0 Å². The van der Waals surface area contributed by atoms with E-state index in [4.69, 9.17) is 16.9 Å². The first kappa shape index (κ1) is 8.83. The SMILES string of the molecule is CNC1(C#N)CCC(Cl)CC1. The van der Waals surface area contributed by atoms with Crippen LogP contribution >= 0.6 is 11.6 Å². The van der Waals surface area contributed by atoms with Crippen LogP contribution in [-0.2, 0) is 0 Å². The molecule has 11 heavy (non-hydrogen) atoms. The second-order valence-corrected chi connectivity index (χ2v) is 3.74. The molecular weight excluding hydrogens is 160 g/mol. The number of nitriles is 1. The number of rotatable bonds is 1. The van der Waals surface area contributed by atoms with Gasteiger partial charge < -0.3 is 5.32 Å². The van der Waals surface area contributed by atoms with E-state index in [2.05, 4.69) is 11.4 Å². The van der Waals surface area contributed by atoms with Crippen LogP contribution in [-0.4, -0.2) is 18.0 Å². The maximum Gasteiger partial charge on any atom is 0.106 e. The lowest BCUT2D eigenvalue weighted by Gasteiger charge is -2.32. The molecule has 1 N–H and O–H groups in total. The number of hydrogen-bond acceptors (Lipinski definition) is 2. The average Bonchev–Trinajstić information content (AvgIpc) is 2.07. The van der Waals surface area contributed by atoms with Crippen molar-refractivity contribution in [2.75, 3.05) is 7.05 Å². The van der Waals surface area contributed by atoms with Crippen LogP contribution in [0.3, 0.4) is 0 Å². The van der Waals surface area contributed by atoms with Gasteiger partial charge >= 0.3 is 0 Å². The molecule has 0 atom stereocenters. The predicted octanol–water partition coefficient (Wildman–Crippen LogP) is 1.65. The molecule has 1 saturated carbocycles. The number of nitrogens with one attached hydrogen (secondary N) is 1. The van der Waals surface area contributed by atoms with Crippen LogP contribution in [0, 0.1) is 11.3 Å². The largest absolute Gasteiger partial charge is 0.302 e. The fourth-order valence-corrected chi connectivity index (χ4v) is 1.71. The lowest BCUT2D eigenvalue weighted by Crippen LogP contribution is -2.44. The maximum atomic E-state index is 8.87. The van der Waals surface area contributed by atoms with E-state index < -0.39 is 0 Å². The molecule has 0 saturated heterocycles. The van der Waals surface area contributed by atoms with Crippen molar-refractivity contribution in [3.05, 3.63) is 0 Å². The topological polar surface area (TPSA) is 35.8 Å². The van der Waals surface area contributed by atoms with Gasteiger partial charge in [-0.2, -0.15) is 5.26 Å². The van der Waals surface area contributed by atoms with Crippen LogP contribution in [0.2, 0.25) is 0 Å². The van der Waals surface area contributed by atoms with Crippen LogP contribution in [0.15, 0.2) is 0 Å². The zero-order valence-corrected chi connectivity index (χ0v) is 7.49. The van der Waals surface area contributed by atoms with Crippen LogP contribution in [0.4, 0.5) is 0 Å². The summed E-state index contributed by atoms with van der Waals surface area (Å²) in [7, 11) is 1.85. The van der Waals surface area contributed by atoms with Crippen LogP contribution < -0.4 is 5.32 Å². The van der Waals surface area contributed by atoms with Gasteiger partial charge in [0, 0.05) is 5.38 Å². The fraction of sp³-hybridized carbons (Fsp3) is 0.875. The van der Waals surface area contributed by atoms with Gasteiger partial charge in [0.1, 0.15) is 5.54 Å². The molecule has 0 heterocycles. The number of alkyl halides is 1. The Morgan fingerprint density at radius 2 is 2.09 bits per heavy atom. The third-order valence-corrected chi connectivity index (χ3v) is 2.90. The molecular formula is C8H13ClN2. The van der Waals surface area contributed by atoms with Gasteiger partial charge in [0.15, 0.2) is 0 Å². The minimum atomic E-state index is -0.286. The molecule has 1 rings (SSSR count). The Balaban J connectivity index is 2.54. The first-order valence-corrected chi connectivity index (χ1v) is 4.40. The molecule has 0 amide bonds. The molecule has 0 aliphatic heterocycles. The van der Waals surface area contributed by atoms with E-state index in [9.17, 15) is 0 Å². The summed E-state index contributed by atoms with van der Waals surface area (Å²) in [5.41, 5.74) is -0.286. The third-order valence-electron chi connectivity index (χ3n) is 2.46. The van der Waals surface area contributed by atoms with Crippen molar-refractivity contribution in [3.63, 3.8) is 0 Å². The highest BCUT2D eigenvalue weighted by Gasteiger charge is 2.32. The van der Waals surface area contributed by atoms with E-state index in [0.717, 1.165) is 25.7 Å². The van der Waals surface area contributed by atoms with E-state index in [-0.39, 0.29) is 10.9 Å². The Hall–Kier alpha value is -0.260. The minimum absolute atomic E-state index is 0.282. The number of hydrogen-bond donors (Lipinski definition) is 1. The summed E-state index contributed by atoms with van der Waals surface area (Å²) >= 11 is 5.92. The lowest BCUT2D eigenvalue weighted by molar-refractivity contribution is 0.320. The van der Waals surface area contributed by atoms with Crippen LogP contribution in [0.1, 0.15) is 25.7 Å². The molecule has 0 aromatic carbocycles. The van der Waals surface area contributed by atoms with Crippen molar-refractivity contribution in [1.29, 1.82) is 5.26 Å². The summed E-state index contributed by atoms with van der Waals surface area (Å²) in [5, 5.41) is 12.2. The molecule has 0 spiro atoms. The quantitative estimate of drug-likeness (QED) is 0.611. The molecule has 0 aromatic heterocycles. The molecule has 62 valence electrons. The molecule has 0 aromatic rings. The highest BCUT2D eigenvalue weighted by molar-refractivity contribution is 6.20. The van der Waals surface area contributed by atoms with Crippen molar-refractivity contribution < 1.29 is 0 Å². The minimum Gasteiger partial charge on any atom is -0.302 e. The standard InChI is InChI=1S/C8H13ClN2/c1-11-8(6-10)4-2-7(9)3-5-8/h7,11H,2-5H2,1H3. The van der Waals surface area contributed by atoms with Crippen molar-refractivity contribution in [3.8, 4) is 6.07 Å². The monoisotopic (exact) mass is 172 g/mol. The molecule has 0 unspecified atom stereocenters. The summed E-state index contributed by atoms with van der Waals surface area (Å²) in [6.07, 6.45) is 3.67. The molecule has 0 radical (unpaired) electrons. The van der Waals surface area contributed by atoms with Gasteiger partial charge in [-0.05, 0) is 32.7 Å². The summed E-state index contributed by atoms with van der Waals surface area (Å²) < 4.78 is 0. The summed E-state index contributed by atoms with van der Waals surface area (Å²) in [5.74, 6) is 0. The first-order chi connectivity index (χ1) is 5.22. The molecule has 0 bridgehead atoms. The van der Waals surface area contributed by atoms with E-state index >= 15 is 0 Å². The third kappa shape index (κ3) is 1.85. The van der Waals surface area contributed by atoms with E-state index in [1.807, 2.05) is 7.05 Å². The highest BCUT2D eigenvalue weighted by atomic mass is 35.5. The smallest absolute Gasteiger partial charge is 0.106 e. The van der Waals surface area contributed by atoms with Crippen molar-refractivity contribution >= 4 is 11.6 Å². The van der Waals surface area contributed by atoms with Crippen molar-refractivity contribution in [2.45, 2.75) is 36.6 Å². The Labute approximate surface area is 72.5 Å². The maximum absolute atomic E-state index is 8.87. The Morgan fingerprint density at radius 1 is 1.55 bits per heavy atom. The lowest BCUT2D eigenvalue weighted by atomic mass is 9.83. The highest BCUT2D eigenvalue weighted by Crippen LogP contribution is 2.30. The van der Waals surface area contributed by atoms with E-state index in [1.54, 1.807) is 0 Å². The zero-order chi connectivity index (χ0) is 8.32. The predicted molar refractivity (Wildman–Crippen MR) is 45.5 cm³/mol. The van der Waals surface area contributed by atoms with Crippen LogP contribution in [0.5, 0.6) is 0 Å². The van der Waals surface area contributed by atoms with Gasteiger partial charge in [0.05, 0.1) is 6.07 Å². The molecule has 1 fully saturated rings. The summed E-state index contributed by atoms with van der Waals surface area (Å²) in [6, 6.07) is 2.32. The van der Waals surface area contributed by atoms with Crippen molar-refractivity contribution in [1.82, 2.24) is 5.32 Å². The first-order valence-electron chi connectivity index (χ1n) is 3.97. The van der Waals surface area contributed by atoms with Crippen molar-refractivity contribution in [2.24, 2.45) is 0 Å². The van der Waals surface area contributed by atoms with Gasteiger partial charge in [-0.3, -0.25) is 0 Å². The van der Waals surface area contributed by atoms with E-state index in [0.29, 0.717) is 0 Å². The zero-order valence-electron chi connectivity index (χ0n) is 6.73. The summed E-state index contributed by atoms with van der Waals surface area (Å²) in [6.45, 7) is 0. The fourth-order valence-electron chi connectivity index (χ4n) is 1.49. The molecule has 3 heteroatoms. The summed E-state index contributed by atoms with van der Waals surface area (Å²) in [4.78, 5) is 0. The number of nitrogens with zero attached hydrogens (tertiary/aromatic N) is 1. The average molecular weight is 173 g/mol. The van der Waals surface area contributed by atoms with E-state index in [1.165, 1.54) is 0 Å². The van der Waals surface area contributed by atoms with Gasteiger partial charge in [-0.15, -0.1) is 11.6 Å². The normalized spacial score (nSPS) is 38.1. The Bertz CT molecular complexity index is 165. The second kappa shape index (κ2) is 3.42. The Morgan fingerprint density at radius 3 is 2.45 bits per heavy atom. The Kier molecular flexibility index (Phi) is 2.75. The van der Waals surface area contributed by atoms with Gasteiger partial charge in [0.2, 0.25) is 0 Å². The number of halogens is 1. The molecule has 2 nitrogen and oxygen atoms in total. The molecule has 1 aliphatic carbocycles. The molecule has 1 aliphatic rings. The van der Waals surface area contributed by atoms with Gasteiger partial charge in [-0.25, -0.2) is 0 Å². The van der Waals surface area contributed by atoms with Gasteiger partial charge in [-0.1, -0.05) is 0 Å². The van der Waals surface area contributed by atoms with Crippen LogP contribution in [0.25, 0.3) is 0 Å².